The number of carboxylic acid groups (broad SMARTS) is 1. The Morgan fingerprint density at radius 1 is 1.41 bits per heavy atom. The first-order valence-electron chi connectivity index (χ1n) is 6.35. The van der Waals surface area contributed by atoms with E-state index in [0.717, 1.165) is 11.3 Å². The van der Waals surface area contributed by atoms with Crippen LogP contribution in [0.25, 0.3) is 16.2 Å². The molecule has 2 heterocycles. The summed E-state index contributed by atoms with van der Waals surface area (Å²) < 4.78 is 1.69. The van der Waals surface area contributed by atoms with E-state index in [4.69, 9.17) is 5.11 Å². The van der Waals surface area contributed by atoms with Crippen LogP contribution in [-0.4, -0.2) is 25.4 Å². The molecule has 7 nitrogen and oxygen atoms in total. The van der Waals surface area contributed by atoms with Gasteiger partial charge in [0.15, 0.2) is 4.96 Å². The van der Waals surface area contributed by atoms with Crippen LogP contribution >= 0.6 is 11.3 Å². The maximum Gasteiger partial charge on any atom is 0.347 e. The van der Waals surface area contributed by atoms with E-state index >= 15 is 0 Å². The second kappa shape index (κ2) is 4.92. The first kappa shape index (κ1) is 14.2. The number of fused-ring (bicyclic) bond motifs is 1. The molecule has 0 saturated heterocycles. The maximum atomic E-state index is 11.1. The van der Waals surface area contributed by atoms with Gasteiger partial charge in [-0.25, -0.2) is 9.78 Å². The lowest BCUT2D eigenvalue weighted by atomic mass is 10.1. The van der Waals surface area contributed by atoms with Gasteiger partial charge in [-0.3, -0.25) is 14.5 Å². The van der Waals surface area contributed by atoms with Crippen LogP contribution in [0.2, 0.25) is 0 Å². The Morgan fingerprint density at radius 2 is 2.14 bits per heavy atom. The average Bonchev–Trinajstić information content (AvgIpc) is 2.99. The number of aromatic carboxylic acids is 1. The zero-order chi connectivity index (χ0) is 16.0. The summed E-state index contributed by atoms with van der Waals surface area (Å²) in [5.41, 5.74) is 2.42. The molecule has 3 rings (SSSR count). The van der Waals surface area contributed by atoms with Gasteiger partial charge in [0.25, 0.3) is 5.69 Å². The predicted octanol–water partition coefficient (Wildman–Crippen LogP) is 3.29. The summed E-state index contributed by atoms with van der Waals surface area (Å²) in [6, 6.07) is 4.92. The molecular weight excluding hydrogens is 306 g/mol. The van der Waals surface area contributed by atoms with E-state index in [-0.39, 0.29) is 10.6 Å². The number of nitro groups is 1. The summed E-state index contributed by atoms with van der Waals surface area (Å²) in [6.07, 6.45) is 1.70. The molecule has 0 bridgehead atoms. The van der Waals surface area contributed by atoms with Crippen LogP contribution < -0.4 is 0 Å². The minimum atomic E-state index is -0.986. The lowest BCUT2D eigenvalue weighted by Crippen LogP contribution is -1.96. The zero-order valence-electron chi connectivity index (χ0n) is 11.7. The molecular formula is C14H11N3O4S. The van der Waals surface area contributed by atoms with Gasteiger partial charge in [-0.2, -0.15) is 0 Å². The Hall–Kier alpha value is -2.74. The molecule has 0 radical (unpaired) electrons. The summed E-state index contributed by atoms with van der Waals surface area (Å²) in [4.78, 5) is 26.8. The van der Waals surface area contributed by atoms with Crippen molar-refractivity contribution < 1.29 is 14.8 Å². The van der Waals surface area contributed by atoms with Crippen molar-refractivity contribution >= 4 is 28.0 Å². The lowest BCUT2D eigenvalue weighted by molar-refractivity contribution is -0.385. The van der Waals surface area contributed by atoms with Gasteiger partial charge in [0.1, 0.15) is 4.88 Å². The minimum absolute atomic E-state index is 0.0387. The van der Waals surface area contributed by atoms with Gasteiger partial charge in [-0.1, -0.05) is 23.5 Å². The largest absolute Gasteiger partial charge is 0.477 e. The Labute approximate surface area is 128 Å². The number of hydrogen-bond donors (Lipinski definition) is 1. The van der Waals surface area contributed by atoms with Crippen LogP contribution in [0.15, 0.2) is 24.4 Å². The molecule has 0 fully saturated rings. The van der Waals surface area contributed by atoms with Gasteiger partial charge in [0.2, 0.25) is 0 Å². The third-order valence-electron chi connectivity index (χ3n) is 3.45. The smallest absolute Gasteiger partial charge is 0.347 e. The highest BCUT2D eigenvalue weighted by atomic mass is 32.1. The minimum Gasteiger partial charge on any atom is -0.477 e. The van der Waals surface area contributed by atoms with Crippen LogP contribution in [0.5, 0.6) is 0 Å². The fraction of sp³-hybridized carbons (Fsp3) is 0.143. The van der Waals surface area contributed by atoms with Gasteiger partial charge >= 0.3 is 5.97 Å². The SMILES string of the molecule is Cc1ccc(-c2cn3c(C)c(C(=O)O)sc3n2)cc1[N+](=O)[O-]. The highest BCUT2D eigenvalue weighted by Crippen LogP contribution is 2.30. The summed E-state index contributed by atoms with van der Waals surface area (Å²) >= 11 is 1.08. The van der Waals surface area contributed by atoms with Crippen molar-refractivity contribution in [3.8, 4) is 11.3 Å². The number of carbonyl (C=O) groups is 1. The zero-order valence-corrected chi connectivity index (χ0v) is 12.5. The van der Waals surface area contributed by atoms with Crippen molar-refractivity contribution in [2.75, 3.05) is 0 Å². The number of nitrogens with zero attached hydrogens (tertiary/aromatic N) is 3. The van der Waals surface area contributed by atoms with Gasteiger partial charge in [0, 0.05) is 29.1 Å². The molecule has 0 atom stereocenters. The van der Waals surface area contributed by atoms with Gasteiger partial charge < -0.3 is 5.11 Å². The lowest BCUT2D eigenvalue weighted by Gasteiger charge is -2.00. The Bertz CT molecular complexity index is 926. The van der Waals surface area contributed by atoms with E-state index < -0.39 is 10.9 Å². The second-order valence-electron chi connectivity index (χ2n) is 4.86. The van der Waals surface area contributed by atoms with Crippen molar-refractivity contribution in [3.63, 3.8) is 0 Å². The van der Waals surface area contributed by atoms with Crippen LogP contribution in [0.4, 0.5) is 5.69 Å². The second-order valence-corrected chi connectivity index (χ2v) is 5.84. The van der Waals surface area contributed by atoms with Gasteiger partial charge in [0.05, 0.1) is 10.6 Å². The number of hydrogen-bond acceptors (Lipinski definition) is 5. The highest BCUT2D eigenvalue weighted by Gasteiger charge is 2.18. The molecule has 0 amide bonds. The number of carboxylic acids is 1. The summed E-state index contributed by atoms with van der Waals surface area (Å²) in [5, 5.41) is 20.1. The first-order chi connectivity index (χ1) is 10.4. The van der Waals surface area contributed by atoms with E-state index in [0.29, 0.717) is 27.5 Å². The number of aryl methyl sites for hydroxylation is 2. The van der Waals surface area contributed by atoms with Gasteiger partial charge in [-0.05, 0) is 13.8 Å². The van der Waals surface area contributed by atoms with Crippen molar-refractivity contribution in [2.45, 2.75) is 13.8 Å². The molecule has 3 aromatic rings. The van der Waals surface area contributed by atoms with E-state index in [1.807, 2.05) is 0 Å². The molecule has 1 aromatic carbocycles. The van der Waals surface area contributed by atoms with Gasteiger partial charge in [-0.15, -0.1) is 0 Å². The maximum absolute atomic E-state index is 11.1. The Morgan fingerprint density at radius 3 is 2.73 bits per heavy atom. The van der Waals surface area contributed by atoms with E-state index in [2.05, 4.69) is 4.98 Å². The summed E-state index contributed by atoms with van der Waals surface area (Å²) in [6.45, 7) is 3.38. The van der Waals surface area contributed by atoms with Crippen LogP contribution in [0.3, 0.4) is 0 Å². The molecule has 0 aliphatic rings. The molecule has 1 N–H and O–H groups in total. The number of nitro benzene ring substituents is 1. The molecule has 0 spiro atoms. The molecule has 8 heteroatoms. The first-order valence-corrected chi connectivity index (χ1v) is 7.17. The topological polar surface area (TPSA) is 97.7 Å². The Balaban J connectivity index is 2.13. The van der Waals surface area contributed by atoms with Crippen molar-refractivity contribution in [3.05, 3.63) is 50.6 Å². The van der Waals surface area contributed by atoms with E-state index in [1.54, 1.807) is 36.6 Å². The number of aromatic nitrogens is 2. The average molecular weight is 317 g/mol. The third kappa shape index (κ3) is 2.13. The highest BCUT2D eigenvalue weighted by molar-refractivity contribution is 7.19. The number of rotatable bonds is 3. The molecule has 0 saturated carbocycles. The summed E-state index contributed by atoms with van der Waals surface area (Å²) in [5.74, 6) is -0.986. The van der Waals surface area contributed by atoms with Crippen molar-refractivity contribution in [2.24, 2.45) is 0 Å². The Kier molecular flexibility index (Phi) is 3.18. The van der Waals surface area contributed by atoms with Crippen molar-refractivity contribution in [1.29, 1.82) is 0 Å². The fourth-order valence-electron chi connectivity index (χ4n) is 2.25. The molecule has 22 heavy (non-hydrogen) atoms. The fourth-order valence-corrected chi connectivity index (χ4v) is 3.20. The van der Waals surface area contributed by atoms with E-state index in [1.165, 1.54) is 6.07 Å². The molecule has 2 aromatic heterocycles. The third-order valence-corrected chi connectivity index (χ3v) is 4.60. The monoisotopic (exact) mass is 317 g/mol. The van der Waals surface area contributed by atoms with Crippen LogP contribution in [-0.2, 0) is 0 Å². The molecule has 0 aliphatic heterocycles. The summed E-state index contributed by atoms with van der Waals surface area (Å²) in [7, 11) is 0. The van der Waals surface area contributed by atoms with E-state index in [9.17, 15) is 14.9 Å². The normalized spacial score (nSPS) is 11.0. The standard InChI is InChI=1S/C14H11N3O4S/c1-7-3-4-9(5-11(7)17(20)21)10-6-16-8(2)12(13(18)19)22-14(16)15-10/h3-6H,1-2H3,(H,18,19). The number of thiazole rings is 1. The number of imidazole rings is 1. The van der Waals surface area contributed by atoms with Crippen LogP contribution in [0, 0.1) is 24.0 Å². The molecule has 112 valence electrons. The number of benzene rings is 1. The molecule has 0 aliphatic carbocycles. The van der Waals surface area contributed by atoms with Crippen molar-refractivity contribution in [1.82, 2.24) is 9.38 Å². The van der Waals surface area contributed by atoms with Crippen LogP contribution in [0.1, 0.15) is 20.9 Å². The predicted molar refractivity (Wildman–Crippen MR) is 81.6 cm³/mol. The molecule has 0 unspecified atom stereocenters. The quantitative estimate of drug-likeness (QED) is 0.590.